The summed E-state index contributed by atoms with van der Waals surface area (Å²) in [7, 11) is 0. The largest absolute Gasteiger partial charge is 0.366 e. The average molecular weight is 309 g/mol. The number of primary amides is 1. The number of nitrogens with zero attached hydrogens (tertiary/aromatic N) is 1. The summed E-state index contributed by atoms with van der Waals surface area (Å²) >= 11 is 7.90. The van der Waals surface area contributed by atoms with Crippen molar-refractivity contribution in [3.8, 4) is 0 Å². The second kappa shape index (κ2) is 4.57. The SMILES string of the molecule is NC(=O)/C=C/c1c(I)ccnc1Cl. The first-order chi connectivity index (χ1) is 6.11. The van der Waals surface area contributed by atoms with Crippen LogP contribution >= 0.6 is 34.2 Å². The van der Waals surface area contributed by atoms with Gasteiger partial charge in [-0.3, -0.25) is 4.79 Å². The number of amides is 1. The van der Waals surface area contributed by atoms with Gasteiger partial charge in [-0.05, 0) is 34.7 Å². The summed E-state index contributed by atoms with van der Waals surface area (Å²) in [6, 6.07) is 1.80. The van der Waals surface area contributed by atoms with Gasteiger partial charge in [0.1, 0.15) is 5.15 Å². The molecule has 0 fully saturated rings. The van der Waals surface area contributed by atoms with Crippen molar-refractivity contribution in [1.29, 1.82) is 0 Å². The van der Waals surface area contributed by atoms with E-state index in [0.29, 0.717) is 10.7 Å². The van der Waals surface area contributed by atoms with Crippen molar-refractivity contribution in [1.82, 2.24) is 4.98 Å². The first-order valence-electron chi connectivity index (χ1n) is 3.39. The second-order valence-electron chi connectivity index (χ2n) is 2.23. The van der Waals surface area contributed by atoms with E-state index in [-0.39, 0.29) is 0 Å². The maximum absolute atomic E-state index is 10.5. The number of hydrogen-bond donors (Lipinski definition) is 1. The quantitative estimate of drug-likeness (QED) is 0.515. The lowest BCUT2D eigenvalue weighted by Gasteiger charge is -1.98. The molecule has 0 bridgehead atoms. The summed E-state index contributed by atoms with van der Waals surface area (Å²) in [5.74, 6) is -0.504. The summed E-state index contributed by atoms with van der Waals surface area (Å²) in [4.78, 5) is 14.3. The molecule has 0 aromatic carbocycles. The Kier molecular flexibility index (Phi) is 3.68. The number of aromatic nitrogens is 1. The summed E-state index contributed by atoms with van der Waals surface area (Å²) in [5.41, 5.74) is 5.66. The molecule has 1 aromatic heterocycles. The molecule has 5 heteroatoms. The van der Waals surface area contributed by atoms with Gasteiger partial charge in [0, 0.05) is 21.4 Å². The molecule has 0 atom stereocenters. The van der Waals surface area contributed by atoms with E-state index in [2.05, 4.69) is 27.6 Å². The predicted molar refractivity (Wildman–Crippen MR) is 60.2 cm³/mol. The van der Waals surface area contributed by atoms with Crippen molar-refractivity contribution < 1.29 is 4.79 Å². The lowest BCUT2D eigenvalue weighted by molar-refractivity contribution is -0.113. The zero-order valence-electron chi connectivity index (χ0n) is 6.50. The molecule has 1 rings (SSSR count). The van der Waals surface area contributed by atoms with Crippen molar-refractivity contribution in [3.63, 3.8) is 0 Å². The first kappa shape index (κ1) is 10.5. The van der Waals surface area contributed by atoms with Crippen LogP contribution in [-0.4, -0.2) is 10.9 Å². The maximum atomic E-state index is 10.5. The fourth-order valence-corrected chi connectivity index (χ4v) is 1.72. The van der Waals surface area contributed by atoms with E-state index in [0.717, 1.165) is 3.57 Å². The van der Waals surface area contributed by atoms with Crippen molar-refractivity contribution in [3.05, 3.63) is 32.6 Å². The number of carbonyl (C=O) groups excluding carboxylic acids is 1. The van der Waals surface area contributed by atoms with Crippen molar-refractivity contribution in [2.45, 2.75) is 0 Å². The first-order valence-corrected chi connectivity index (χ1v) is 4.84. The molecule has 0 aliphatic carbocycles. The molecule has 0 aliphatic heterocycles. The highest BCUT2D eigenvalue weighted by molar-refractivity contribution is 14.1. The molecule has 3 nitrogen and oxygen atoms in total. The van der Waals surface area contributed by atoms with Gasteiger partial charge >= 0.3 is 0 Å². The normalized spacial score (nSPS) is 10.6. The smallest absolute Gasteiger partial charge is 0.241 e. The van der Waals surface area contributed by atoms with Gasteiger partial charge in [0.15, 0.2) is 0 Å². The minimum atomic E-state index is -0.504. The van der Waals surface area contributed by atoms with Gasteiger partial charge in [0.25, 0.3) is 0 Å². The molecular formula is C8H6ClIN2O. The van der Waals surface area contributed by atoms with E-state index in [9.17, 15) is 4.79 Å². The lowest BCUT2D eigenvalue weighted by Crippen LogP contribution is -2.05. The molecule has 0 saturated heterocycles. The Morgan fingerprint density at radius 2 is 2.38 bits per heavy atom. The van der Waals surface area contributed by atoms with E-state index in [1.54, 1.807) is 18.3 Å². The average Bonchev–Trinajstić information content (AvgIpc) is 2.03. The summed E-state index contributed by atoms with van der Waals surface area (Å²) in [6.45, 7) is 0. The van der Waals surface area contributed by atoms with Crippen molar-refractivity contribution in [2.75, 3.05) is 0 Å². The zero-order valence-corrected chi connectivity index (χ0v) is 9.41. The molecular weight excluding hydrogens is 302 g/mol. The van der Waals surface area contributed by atoms with Crippen LogP contribution in [0.1, 0.15) is 5.56 Å². The molecule has 1 amide bonds. The molecule has 0 unspecified atom stereocenters. The van der Waals surface area contributed by atoms with E-state index in [4.69, 9.17) is 17.3 Å². The van der Waals surface area contributed by atoms with Gasteiger partial charge in [-0.2, -0.15) is 0 Å². The minimum absolute atomic E-state index is 0.365. The van der Waals surface area contributed by atoms with Crippen LogP contribution in [0.2, 0.25) is 5.15 Å². The van der Waals surface area contributed by atoms with Crippen LogP contribution in [0.3, 0.4) is 0 Å². The van der Waals surface area contributed by atoms with Crippen LogP contribution in [0, 0.1) is 3.57 Å². The van der Waals surface area contributed by atoms with Crippen LogP contribution in [-0.2, 0) is 4.79 Å². The Morgan fingerprint density at radius 1 is 1.69 bits per heavy atom. The van der Waals surface area contributed by atoms with Gasteiger partial charge in [-0.1, -0.05) is 11.6 Å². The Labute approximate surface area is 94.1 Å². The molecule has 1 aromatic rings. The third kappa shape index (κ3) is 2.96. The lowest BCUT2D eigenvalue weighted by atomic mass is 10.2. The Bertz CT molecular complexity index is 345. The minimum Gasteiger partial charge on any atom is -0.366 e. The van der Waals surface area contributed by atoms with E-state index < -0.39 is 5.91 Å². The topological polar surface area (TPSA) is 56.0 Å². The number of carbonyl (C=O) groups is 1. The maximum Gasteiger partial charge on any atom is 0.241 e. The number of rotatable bonds is 2. The highest BCUT2D eigenvalue weighted by Crippen LogP contribution is 2.20. The van der Waals surface area contributed by atoms with Gasteiger partial charge in [-0.15, -0.1) is 0 Å². The van der Waals surface area contributed by atoms with Crippen LogP contribution in [0.15, 0.2) is 18.3 Å². The van der Waals surface area contributed by atoms with Crippen molar-refractivity contribution >= 4 is 46.2 Å². The van der Waals surface area contributed by atoms with Crippen LogP contribution in [0.5, 0.6) is 0 Å². The highest BCUT2D eigenvalue weighted by Gasteiger charge is 2.01. The fraction of sp³-hybridized carbons (Fsp3) is 0. The third-order valence-corrected chi connectivity index (χ3v) is 2.54. The van der Waals surface area contributed by atoms with Crippen LogP contribution in [0.4, 0.5) is 0 Å². The summed E-state index contributed by atoms with van der Waals surface area (Å²) in [5, 5.41) is 0.365. The molecule has 68 valence electrons. The second-order valence-corrected chi connectivity index (χ2v) is 3.75. The Balaban J connectivity index is 3.06. The zero-order chi connectivity index (χ0) is 9.84. The monoisotopic (exact) mass is 308 g/mol. The molecule has 0 aliphatic rings. The Morgan fingerprint density at radius 3 is 2.92 bits per heavy atom. The molecule has 13 heavy (non-hydrogen) atoms. The number of halogens is 2. The van der Waals surface area contributed by atoms with Gasteiger partial charge < -0.3 is 5.73 Å². The third-order valence-electron chi connectivity index (χ3n) is 1.30. The van der Waals surface area contributed by atoms with E-state index in [1.807, 2.05) is 0 Å². The number of nitrogens with two attached hydrogens (primary N) is 1. The van der Waals surface area contributed by atoms with Crippen molar-refractivity contribution in [2.24, 2.45) is 5.73 Å². The highest BCUT2D eigenvalue weighted by atomic mass is 127. The van der Waals surface area contributed by atoms with E-state index in [1.165, 1.54) is 6.08 Å². The molecule has 2 N–H and O–H groups in total. The summed E-state index contributed by atoms with van der Waals surface area (Å²) < 4.78 is 0.926. The number of pyridine rings is 1. The van der Waals surface area contributed by atoms with Crippen LogP contribution < -0.4 is 5.73 Å². The summed E-state index contributed by atoms with van der Waals surface area (Å²) in [6.07, 6.45) is 4.41. The molecule has 1 heterocycles. The van der Waals surface area contributed by atoms with E-state index >= 15 is 0 Å². The van der Waals surface area contributed by atoms with Crippen LogP contribution in [0.25, 0.3) is 6.08 Å². The fourth-order valence-electron chi connectivity index (χ4n) is 0.740. The standard InChI is InChI=1S/C8H6ClIN2O/c9-8-5(1-2-7(11)13)6(10)3-4-12-8/h1-4H,(H2,11,13)/b2-1+. The van der Waals surface area contributed by atoms with Gasteiger partial charge in [-0.25, -0.2) is 4.98 Å². The molecule has 0 spiro atoms. The van der Waals surface area contributed by atoms with Gasteiger partial charge in [0.05, 0.1) is 0 Å². The molecule has 0 saturated carbocycles. The predicted octanol–water partition coefficient (Wildman–Crippen LogP) is 1.84. The molecule has 0 radical (unpaired) electrons. The Hall–Kier alpha value is -0.620. The van der Waals surface area contributed by atoms with Gasteiger partial charge in [0.2, 0.25) is 5.91 Å². The number of hydrogen-bond acceptors (Lipinski definition) is 2.